The predicted octanol–water partition coefficient (Wildman–Crippen LogP) is 1.49. The summed E-state index contributed by atoms with van der Waals surface area (Å²) < 4.78 is 5.44. The SMILES string of the molecule is CC(C)OCCN(C)C(=O)c1ccc(C#CCN)cc1. The molecule has 108 valence electrons. The van der Waals surface area contributed by atoms with Crippen LogP contribution in [0.3, 0.4) is 0 Å². The molecule has 0 aliphatic rings. The molecule has 1 rings (SSSR count). The average Bonchev–Trinajstić information content (AvgIpc) is 2.44. The van der Waals surface area contributed by atoms with Crippen LogP contribution in [0.2, 0.25) is 0 Å². The molecule has 0 saturated carbocycles. The molecular formula is C16H22N2O2. The van der Waals surface area contributed by atoms with Crippen LogP contribution in [0.15, 0.2) is 24.3 Å². The molecule has 0 aliphatic heterocycles. The Kier molecular flexibility index (Phi) is 6.78. The molecule has 0 aromatic heterocycles. The predicted molar refractivity (Wildman–Crippen MR) is 80.4 cm³/mol. The van der Waals surface area contributed by atoms with Crippen LogP contribution in [0, 0.1) is 11.8 Å². The summed E-state index contributed by atoms with van der Waals surface area (Å²) in [6.45, 7) is 5.40. The number of nitrogens with two attached hydrogens (primary N) is 1. The van der Waals surface area contributed by atoms with Gasteiger partial charge in [-0.1, -0.05) is 11.8 Å². The number of carbonyl (C=O) groups is 1. The second-order valence-corrected chi connectivity index (χ2v) is 4.73. The van der Waals surface area contributed by atoms with E-state index in [1.54, 1.807) is 24.1 Å². The molecule has 2 N–H and O–H groups in total. The molecule has 0 aliphatic carbocycles. The van der Waals surface area contributed by atoms with Crippen molar-refractivity contribution >= 4 is 5.91 Å². The first-order chi connectivity index (χ1) is 9.54. The zero-order chi connectivity index (χ0) is 15.0. The van der Waals surface area contributed by atoms with Gasteiger partial charge in [-0.15, -0.1) is 0 Å². The molecule has 4 nitrogen and oxygen atoms in total. The number of carbonyl (C=O) groups excluding carboxylic acids is 1. The maximum absolute atomic E-state index is 12.2. The van der Waals surface area contributed by atoms with Gasteiger partial charge in [-0.3, -0.25) is 4.79 Å². The van der Waals surface area contributed by atoms with Gasteiger partial charge in [-0.2, -0.15) is 0 Å². The van der Waals surface area contributed by atoms with E-state index in [0.717, 1.165) is 5.56 Å². The zero-order valence-corrected chi connectivity index (χ0v) is 12.3. The van der Waals surface area contributed by atoms with Gasteiger partial charge in [0.15, 0.2) is 0 Å². The van der Waals surface area contributed by atoms with Crippen LogP contribution in [0.1, 0.15) is 29.8 Å². The lowest BCUT2D eigenvalue weighted by Gasteiger charge is -2.18. The fourth-order valence-electron chi connectivity index (χ4n) is 1.60. The Balaban J connectivity index is 2.58. The number of amides is 1. The molecule has 0 unspecified atom stereocenters. The fraction of sp³-hybridized carbons (Fsp3) is 0.438. The van der Waals surface area contributed by atoms with E-state index in [-0.39, 0.29) is 12.0 Å². The van der Waals surface area contributed by atoms with Crippen molar-refractivity contribution in [1.82, 2.24) is 4.90 Å². The molecule has 0 spiro atoms. The number of rotatable bonds is 5. The van der Waals surface area contributed by atoms with E-state index < -0.39 is 0 Å². The lowest BCUT2D eigenvalue weighted by Crippen LogP contribution is -2.30. The van der Waals surface area contributed by atoms with Crippen molar-refractivity contribution in [3.05, 3.63) is 35.4 Å². The van der Waals surface area contributed by atoms with Gasteiger partial charge in [-0.05, 0) is 38.1 Å². The lowest BCUT2D eigenvalue weighted by atomic mass is 10.1. The summed E-state index contributed by atoms with van der Waals surface area (Å²) in [6.07, 6.45) is 0.180. The third kappa shape index (κ3) is 5.43. The van der Waals surface area contributed by atoms with Gasteiger partial charge in [0.2, 0.25) is 0 Å². The summed E-state index contributed by atoms with van der Waals surface area (Å²) in [5.74, 6) is 5.69. The van der Waals surface area contributed by atoms with E-state index in [1.807, 2.05) is 26.0 Å². The highest BCUT2D eigenvalue weighted by Crippen LogP contribution is 2.06. The van der Waals surface area contributed by atoms with Gasteiger partial charge in [0.05, 0.1) is 19.3 Å². The number of ether oxygens (including phenoxy) is 1. The molecular weight excluding hydrogens is 252 g/mol. The molecule has 0 saturated heterocycles. The third-order valence-corrected chi connectivity index (χ3v) is 2.69. The zero-order valence-electron chi connectivity index (χ0n) is 12.3. The van der Waals surface area contributed by atoms with Crippen LogP contribution in [0.5, 0.6) is 0 Å². The first-order valence-corrected chi connectivity index (χ1v) is 6.70. The summed E-state index contributed by atoms with van der Waals surface area (Å²) >= 11 is 0. The van der Waals surface area contributed by atoms with Gasteiger partial charge in [0.1, 0.15) is 0 Å². The van der Waals surface area contributed by atoms with E-state index in [9.17, 15) is 4.79 Å². The molecule has 1 amide bonds. The van der Waals surface area contributed by atoms with E-state index in [1.165, 1.54) is 0 Å². The number of benzene rings is 1. The van der Waals surface area contributed by atoms with Gasteiger partial charge in [0.25, 0.3) is 5.91 Å². The van der Waals surface area contributed by atoms with Crippen molar-refractivity contribution in [2.45, 2.75) is 20.0 Å². The standard InChI is InChI=1S/C16H22N2O2/c1-13(2)20-12-11-18(3)16(19)15-8-6-14(7-9-15)5-4-10-17/h6-9,13H,10-12,17H2,1-3H3. The van der Waals surface area contributed by atoms with Gasteiger partial charge >= 0.3 is 0 Å². The largest absolute Gasteiger partial charge is 0.377 e. The maximum Gasteiger partial charge on any atom is 0.253 e. The first kappa shape index (κ1) is 16.2. The van der Waals surface area contributed by atoms with Crippen LogP contribution >= 0.6 is 0 Å². The smallest absolute Gasteiger partial charge is 0.253 e. The summed E-state index contributed by atoms with van der Waals surface area (Å²) in [5, 5.41) is 0. The highest BCUT2D eigenvalue weighted by atomic mass is 16.5. The Morgan fingerprint density at radius 3 is 2.55 bits per heavy atom. The summed E-state index contributed by atoms with van der Waals surface area (Å²) in [4.78, 5) is 13.8. The second-order valence-electron chi connectivity index (χ2n) is 4.73. The van der Waals surface area contributed by atoms with E-state index in [2.05, 4.69) is 11.8 Å². The maximum atomic E-state index is 12.2. The Hall–Kier alpha value is -1.83. The summed E-state index contributed by atoms with van der Waals surface area (Å²) in [6, 6.07) is 7.22. The minimum absolute atomic E-state index is 0.0179. The van der Waals surface area contributed by atoms with Crippen molar-refractivity contribution in [2.24, 2.45) is 5.73 Å². The molecule has 0 atom stereocenters. The van der Waals surface area contributed by atoms with Crippen molar-refractivity contribution in [2.75, 3.05) is 26.7 Å². The molecule has 0 fully saturated rings. The highest BCUT2D eigenvalue weighted by Gasteiger charge is 2.11. The number of nitrogens with zero attached hydrogens (tertiary/aromatic N) is 1. The summed E-state index contributed by atoms with van der Waals surface area (Å²) in [5.41, 5.74) is 6.82. The second kappa shape index (κ2) is 8.36. The van der Waals surface area contributed by atoms with Crippen molar-refractivity contribution in [3.63, 3.8) is 0 Å². The monoisotopic (exact) mass is 274 g/mol. The Bertz CT molecular complexity index is 483. The third-order valence-electron chi connectivity index (χ3n) is 2.69. The van der Waals surface area contributed by atoms with Crippen LogP contribution in [-0.4, -0.2) is 43.7 Å². The minimum atomic E-state index is -0.0179. The molecule has 0 radical (unpaired) electrons. The molecule has 20 heavy (non-hydrogen) atoms. The van der Waals surface area contributed by atoms with Crippen LogP contribution < -0.4 is 5.73 Å². The Labute approximate surface area is 120 Å². The number of hydrogen-bond acceptors (Lipinski definition) is 3. The Morgan fingerprint density at radius 1 is 1.35 bits per heavy atom. The normalized spacial score (nSPS) is 10.1. The Morgan fingerprint density at radius 2 is 2.00 bits per heavy atom. The van der Waals surface area contributed by atoms with E-state index in [4.69, 9.17) is 10.5 Å². The molecule has 0 heterocycles. The molecule has 1 aromatic rings. The van der Waals surface area contributed by atoms with Crippen molar-refractivity contribution < 1.29 is 9.53 Å². The van der Waals surface area contributed by atoms with Gasteiger partial charge in [0, 0.05) is 24.7 Å². The van der Waals surface area contributed by atoms with Crippen LogP contribution in [0.4, 0.5) is 0 Å². The quantitative estimate of drug-likeness (QED) is 0.828. The minimum Gasteiger partial charge on any atom is -0.377 e. The molecule has 1 aromatic carbocycles. The van der Waals surface area contributed by atoms with Crippen molar-refractivity contribution in [1.29, 1.82) is 0 Å². The van der Waals surface area contributed by atoms with E-state index >= 15 is 0 Å². The lowest BCUT2D eigenvalue weighted by molar-refractivity contribution is 0.0532. The van der Waals surface area contributed by atoms with E-state index in [0.29, 0.717) is 25.3 Å². The number of likely N-dealkylation sites (N-methyl/N-ethyl adjacent to an activating group) is 1. The molecule has 4 heteroatoms. The number of hydrogen-bond donors (Lipinski definition) is 1. The topological polar surface area (TPSA) is 55.6 Å². The fourth-order valence-corrected chi connectivity index (χ4v) is 1.60. The van der Waals surface area contributed by atoms with Crippen LogP contribution in [0.25, 0.3) is 0 Å². The van der Waals surface area contributed by atoms with Gasteiger partial charge < -0.3 is 15.4 Å². The van der Waals surface area contributed by atoms with Crippen molar-refractivity contribution in [3.8, 4) is 11.8 Å². The molecule has 0 bridgehead atoms. The summed E-state index contributed by atoms with van der Waals surface area (Å²) in [7, 11) is 1.77. The average molecular weight is 274 g/mol. The highest BCUT2D eigenvalue weighted by molar-refractivity contribution is 5.94. The van der Waals surface area contributed by atoms with Crippen LogP contribution in [-0.2, 0) is 4.74 Å². The van der Waals surface area contributed by atoms with Gasteiger partial charge in [-0.25, -0.2) is 0 Å². The first-order valence-electron chi connectivity index (χ1n) is 6.70.